The molecule has 1 heterocycles. The number of amides is 1. The Morgan fingerprint density at radius 3 is 2.79 bits per heavy atom. The summed E-state index contributed by atoms with van der Waals surface area (Å²) in [7, 11) is 3.62. The van der Waals surface area contributed by atoms with Gasteiger partial charge in [0.2, 0.25) is 5.91 Å². The number of aryl methyl sites for hydroxylation is 1. The van der Waals surface area contributed by atoms with E-state index in [2.05, 4.69) is 16.3 Å². The van der Waals surface area contributed by atoms with Gasteiger partial charge in [-0.25, -0.2) is 0 Å². The highest BCUT2D eigenvalue weighted by atomic mass is 32.2. The fourth-order valence-corrected chi connectivity index (χ4v) is 3.25. The highest BCUT2D eigenvalue weighted by Gasteiger charge is 2.22. The van der Waals surface area contributed by atoms with Crippen molar-refractivity contribution in [2.75, 3.05) is 13.6 Å². The molecule has 0 aliphatic carbocycles. The zero-order valence-electron chi connectivity index (χ0n) is 14.4. The number of benzene rings is 1. The average Bonchev–Trinajstić information content (AvgIpc) is 2.93. The molecule has 0 spiro atoms. The first-order valence-electron chi connectivity index (χ1n) is 7.69. The molecule has 24 heavy (non-hydrogen) atoms. The number of carbonyl (C=O) groups excluding carboxylic acids is 1. The number of nitrogens with zero attached hydrogens (tertiary/aromatic N) is 5. The Bertz CT molecular complexity index is 765. The topological polar surface area (TPSA) is 74.8 Å². The normalized spacial score (nSPS) is 11.8. The number of hydrogen-bond acceptors (Lipinski definition) is 5. The zero-order valence-corrected chi connectivity index (χ0v) is 15.2. The predicted molar refractivity (Wildman–Crippen MR) is 94.4 cm³/mol. The van der Waals surface area contributed by atoms with Gasteiger partial charge >= 0.3 is 0 Å². The Morgan fingerprint density at radius 2 is 2.12 bits per heavy atom. The van der Waals surface area contributed by atoms with Crippen molar-refractivity contribution < 1.29 is 4.79 Å². The lowest BCUT2D eigenvalue weighted by atomic mass is 10.1. The second kappa shape index (κ2) is 7.97. The number of rotatable bonds is 6. The summed E-state index contributed by atoms with van der Waals surface area (Å²) in [5, 5.41) is 17.5. The van der Waals surface area contributed by atoms with Crippen LogP contribution in [0.15, 0.2) is 29.4 Å². The van der Waals surface area contributed by atoms with Gasteiger partial charge in [0, 0.05) is 26.2 Å². The van der Waals surface area contributed by atoms with Gasteiger partial charge in [-0.1, -0.05) is 36.0 Å². The van der Waals surface area contributed by atoms with Crippen molar-refractivity contribution in [3.63, 3.8) is 0 Å². The summed E-state index contributed by atoms with van der Waals surface area (Å²) in [6, 6.07) is 10.1. The minimum atomic E-state index is -0.290. The van der Waals surface area contributed by atoms with E-state index < -0.39 is 0 Å². The SMILES string of the molecule is Cc1ccccc1-c1nnc(S[C@H](C)C(=O)N(C)CCC#N)n1C. The molecule has 126 valence electrons. The molecule has 0 fully saturated rings. The van der Waals surface area contributed by atoms with E-state index in [1.165, 1.54) is 11.8 Å². The van der Waals surface area contributed by atoms with Crippen LogP contribution in [-0.2, 0) is 11.8 Å². The van der Waals surface area contributed by atoms with Crippen molar-refractivity contribution in [1.82, 2.24) is 19.7 Å². The molecule has 0 unspecified atom stereocenters. The summed E-state index contributed by atoms with van der Waals surface area (Å²) in [6.07, 6.45) is 0.334. The van der Waals surface area contributed by atoms with Crippen molar-refractivity contribution in [3.05, 3.63) is 29.8 Å². The van der Waals surface area contributed by atoms with Gasteiger partial charge in [0.15, 0.2) is 11.0 Å². The second-order valence-electron chi connectivity index (χ2n) is 5.61. The monoisotopic (exact) mass is 343 g/mol. The molecule has 1 amide bonds. The number of carbonyl (C=O) groups is 1. The lowest BCUT2D eigenvalue weighted by Crippen LogP contribution is -2.34. The van der Waals surface area contributed by atoms with Crippen molar-refractivity contribution in [1.29, 1.82) is 5.26 Å². The smallest absolute Gasteiger partial charge is 0.235 e. The van der Waals surface area contributed by atoms with Crippen LogP contribution in [-0.4, -0.2) is 44.4 Å². The van der Waals surface area contributed by atoms with Gasteiger partial charge in [-0.2, -0.15) is 5.26 Å². The number of aromatic nitrogens is 3. The van der Waals surface area contributed by atoms with Gasteiger partial charge in [0.05, 0.1) is 17.7 Å². The minimum absolute atomic E-state index is 0.0179. The highest BCUT2D eigenvalue weighted by Crippen LogP contribution is 2.27. The summed E-state index contributed by atoms with van der Waals surface area (Å²) < 4.78 is 1.91. The number of thioether (sulfide) groups is 1. The van der Waals surface area contributed by atoms with Crippen LogP contribution < -0.4 is 0 Å². The first-order chi connectivity index (χ1) is 11.5. The van der Waals surface area contributed by atoms with Gasteiger partial charge in [0.1, 0.15) is 0 Å². The fraction of sp³-hybridized carbons (Fsp3) is 0.412. The molecule has 0 aliphatic rings. The molecule has 0 N–H and O–H groups in total. The van der Waals surface area contributed by atoms with Crippen molar-refractivity contribution in [2.45, 2.75) is 30.7 Å². The van der Waals surface area contributed by atoms with Crippen LogP contribution in [0, 0.1) is 18.3 Å². The molecule has 1 aromatic carbocycles. The summed E-state index contributed by atoms with van der Waals surface area (Å²) in [4.78, 5) is 13.9. The van der Waals surface area contributed by atoms with Crippen LogP contribution in [0.1, 0.15) is 18.9 Å². The Morgan fingerprint density at radius 1 is 1.42 bits per heavy atom. The Balaban J connectivity index is 2.13. The van der Waals surface area contributed by atoms with E-state index >= 15 is 0 Å². The van der Waals surface area contributed by atoms with Gasteiger partial charge in [-0.3, -0.25) is 4.79 Å². The van der Waals surface area contributed by atoms with Crippen LogP contribution >= 0.6 is 11.8 Å². The van der Waals surface area contributed by atoms with Crippen molar-refractivity contribution in [2.24, 2.45) is 7.05 Å². The molecule has 0 saturated carbocycles. The maximum atomic E-state index is 12.3. The van der Waals surface area contributed by atoms with Crippen LogP contribution in [0.25, 0.3) is 11.4 Å². The summed E-state index contributed by atoms with van der Waals surface area (Å²) >= 11 is 1.38. The van der Waals surface area contributed by atoms with E-state index in [-0.39, 0.29) is 11.2 Å². The molecule has 7 heteroatoms. The van der Waals surface area contributed by atoms with Crippen LogP contribution in [0.2, 0.25) is 0 Å². The first-order valence-corrected chi connectivity index (χ1v) is 8.57. The predicted octanol–water partition coefficient (Wildman–Crippen LogP) is 2.64. The molecule has 1 aromatic heterocycles. The number of hydrogen-bond donors (Lipinski definition) is 0. The van der Waals surface area contributed by atoms with Gasteiger partial charge in [0.25, 0.3) is 0 Å². The molecule has 0 bridgehead atoms. The molecular formula is C17H21N5OS. The lowest BCUT2D eigenvalue weighted by Gasteiger charge is -2.19. The van der Waals surface area contributed by atoms with Gasteiger partial charge in [-0.15, -0.1) is 10.2 Å². The van der Waals surface area contributed by atoms with E-state index in [0.717, 1.165) is 17.0 Å². The molecule has 6 nitrogen and oxygen atoms in total. The Labute approximate surface area is 146 Å². The lowest BCUT2D eigenvalue weighted by molar-refractivity contribution is -0.128. The third-order valence-electron chi connectivity index (χ3n) is 3.79. The molecular weight excluding hydrogens is 322 g/mol. The van der Waals surface area contributed by atoms with E-state index in [0.29, 0.717) is 18.1 Å². The molecule has 0 saturated heterocycles. The maximum absolute atomic E-state index is 12.3. The summed E-state index contributed by atoms with van der Waals surface area (Å²) in [6.45, 7) is 4.32. The Kier molecular flexibility index (Phi) is 5.99. The van der Waals surface area contributed by atoms with Crippen LogP contribution in [0.5, 0.6) is 0 Å². The van der Waals surface area contributed by atoms with Gasteiger partial charge < -0.3 is 9.47 Å². The summed E-state index contributed by atoms with van der Waals surface area (Å²) in [5.74, 6) is 0.767. The molecule has 2 aromatic rings. The standard InChI is InChI=1S/C17H21N5OS/c1-12-8-5-6-9-14(12)15-19-20-17(22(15)4)24-13(2)16(23)21(3)11-7-10-18/h5-6,8-9,13H,7,11H2,1-4H3/t13-/m1/s1. The average molecular weight is 343 g/mol. The third kappa shape index (κ3) is 3.95. The summed E-state index contributed by atoms with van der Waals surface area (Å²) in [5.41, 5.74) is 2.16. The minimum Gasteiger partial charge on any atom is -0.344 e. The molecule has 2 rings (SSSR count). The Hall–Kier alpha value is -2.33. The maximum Gasteiger partial charge on any atom is 0.235 e. The van der Waals surface area contributed by atoms with Crippen LogP contribution in [0.3, 0.4) is 0 Å². The van der Waals surface area contributed by atoms with E-state index in [9.17, 15) is 4.79 Å². The first kappa shape index (κ1) is 18.0. The second-order valence-corrected chi connectivity index (χ2v) is 6.92. The van der Waals surface area contributed by atoms with E-state index in [1.54, 1.807) is 11.9 Å². The van der Waals surface area contributed by atoms with Gasteiger partial charge in [-0.05, 0) is 19.4 Å². The number of nitriles is 1. The highest BCUT2D eigenvalue weighted by molar-refractivity contribution is 8.00. The van der Waals surface area contributed by atoms with Crippen molar-refractivity contribution >= 4 is 17.7 Å². The van der Waals surface area contributed by atoms with Crippen molar-refractivity contribution in [3.8, 4) is 17.5 Å². The largest absolute Gasteiger partial charge is 0.344 e. The van der Waals surface area contributed by atoms with E-state index in [1.807, 2.05) is 49.7 Å². The fourth-order valence-electron chi connectivity index (χ4n) is 2.32. The zero-order chi connectivity index (χ0) is 17.7. The third-order valence-corrected chi connectivity index (χ3v) is 4.91. The van der Waals surface area contributed by atoms with E-state index in [4.69, 9.17) is 5.26 Å². The van der Waals surface area contributed by atoms with Crippen LogP contribution in [0.4, 0.5) is 0 Å². The quantitative estimate of drug-likeness (QED) is 0.754. The molecule has 1 atom stereocenters. The molecule has 0 aliphatic heterocycles. The molecule has 0 radical (unpaired) electrons.